The van der Waals surface area contributed by atoms with E-state index in [0.29, 0.717) is 22.4 Å². The van der Waals surface area contributed by atoms with Gasteiger partial charge in [0.2, 0.25) is 5.91 Å². The number of rotatable bonds is 4. The second kappa shape index (κ2) is 5.84. The lowest BCUT2D eigenvalue weighted by molar-refractivity contribution is -0.117. The number of anilines is 1. The van der Waals surface area contributed by atoms with Crippen LogP contribution in [0.25, 0.3) is 11.1 Å². The standard InChI is InChI=1S/C15H13N3O5/c1-8(16-14(20)9-4-5-22-7-9)13(19)17-10-2-3-12-11(6-10)18-15(21)23-12/h2-8H,1H3,(H,16,20)(H,17,19)(H,18,21)/t8-/m1/s1. The Morgan fingerprint density at radius 3 is 2.83 bits per heavy atom. The first-order valence-electron chi connectivity index (χ1n) is 6.80. The summed E-state index contributed by atoms with van der Waals surface area (Å²) < 4.78 is 9.70. The van der Waals surface area contributed by atoms with E-state index in [9.17, 15) is 14.4 Å². The number of carbonyl (C=O) groups excluding carboxylic acids is 2. The zero-order chi connectivity index (χ0) is 16.4. The minimum absolute atomic E-state index is 0.335. The Morgan fingerprint density at radius 2 is 2.09 bits per heavy atom. The summed E-state index contributed by atoms with van der Waals surface area (Å²) >= 11 is 0. The Morgan fingerprint density at radius 1 is 1.26 bits per heavy atom. The zero-order valence-corrected chi connectivity index (χ0v) is 12.1. The van der Waals surface area contributed by atoms with Gasteiger partial charge in [-0.25, -0.2) is 4.79 Å². The number of nitrogens with one attached hydrogen (secondary N) is 3. The molecule has 3 aromatic rings. The van der Waals surface area contributed by atoms with E-state index in [1.807, 2.05) is 0 Å². The molecule has 23 heavy (non-hydrogen) atoms. The van der Waals surface area contributed by atoms with Crippen LogP contribution in [0.15, 0.2) is 50.4 Å². The maximum atomic E-state index is 12.1. The van der Waals surface area contributed by atoms with Crippen molar-refractivity contribution >= 4 is 28.6 Å². The predicted molar refractivity (Wildman–Crippen MR) is 81.1 cm³/mol. The van der Waals surface area contributed by atoms with Crippen LogP contribution in [0.5, 0.6) is 0 Å². The number of oxazole rings is 1. The molecule has 1 atom stereocenters. The lowest BCUT2D eigenvalue weighted by Crippen LogP contribution is -2.41. The van der Waals surface area contributed by atoms with Gasteiger partial charge in [-0.05, 0) is 31.2 Å². The highest BCUT2D eigenvalue weighted by Gasteiger charge is 2.17. The fraction of sp³-hybridized carbons (Fsp3) is 0.133. The first-order chi connectivity index (χ1) is 11.0. The molecule has 3 N–H and O–H groups in total. The maximum absolute atomic E-state index is 12.1. The molecule has 8 heteroatoms. The predicted octanol–water partition coefficient (Wildman–Crippen LogP) is 1.47. The monoisotopic (exact) mass is 315 g/mol. The lowest BCUT2D eigenvalue weighted by atomic mass is 10.2. The van der Waals surface area contributed by atoms with Crippen LogP contribution in [-0.2, 0) is 4.79 Å². The minimum Gasteiger partial charge on any atom is -0.472 e. The van der Waals surface area contributed by atoms with E-state index in [0.717, 1.165) is 0 Å². The molecule has 0 spiro atoms. The van der Waals surface area contributed by atoms with E-state index < -0.39 is 23.6 Å². The molecule has 118 valence electrons. The molecule has 8 nitrogen and oxygen atoms in total. The number of hydrogen-bond acceptors (Lipinski definition) is 5. The molecule has 2 amide bonds. The van der Waals surface area contributed by atoms with Crippen LogP contribution >= 0.6 is 0 Å². The van der Waals surface area contributed by atoms with Gasteiger partial charge in [0.15, 0.2) is 5.58 Å². The van der Waals surface area contributed by atoms with Gasteiger partial charge < -0.3 is 19.5 Å². The van der Waals surface area contributed by atoms with Crippen LogP contribution in [0, 0.1) is 0 Å². The van der Waals surface area contributed by atoms with E-state index >= 15 is 0 Å². The third kappa shape index (κ3) is 3.15. The van der Waals surface area contributed by atoms with Crippen LogP contribution in [0.2, 0.25) is 0 Å². The van der Waals surface area contributed by atoms with Crippen molar-refractivity contribution in [3.05, 3.63) is 52.9 Å². The smallest absolute Gasteiger partial charge is 0.417 e. The van der Waals surface area contributed by atoms with Gasteiger partial charge in [0, 0.05) is 5.69 Å². The molecule has 2 heterocycles. The molecule has 1 aromatic carbocycles. The highest BCUT2D eigenvalue weighted by molar-refractivity contribution is 6.01. The summed E-state index contributed by atoms with van der Waals surface area (Å²) in [6, 6.07) is 5.49. The fourth-order valence-corrected chi connectivity index (χ4v) is 2.02. The van der Waals surface area contributed by atoms with Gasteiger partial charge in [-0.15, -0.1) is 0 Å². The maximum Gasteiger partial charge on any atom is 0.417 e. The molecule has 0 aliphatic rings. The molecule has 0 aliphatic heterocycles. The van der Waals surface area contributed by atoms with Crippen molar-refractivity contribution in [2.24, 2.45) is 0 Å². The SMILES string of the molecule is C[C@@H](NC(=O)c1ccoc1)C(=O)Nc1ccc2oc(=O)[nH]c2c1. The van der Waals surface area contributed by atoms with Crippen molar-refractivity contribution in [3.63, 3.8) is 0 Å². The fourth-order valence-electron chi connectivity index (χ4n) is 2.02. The number of furan rings is 1. The van der Waals surface area contributed by atoms with Crippen LogP contribution in [0.1, 0.15) is 17.3 Å². The van der Waals surface area contributed by atoms with E-state index in [2.05, 4.69) is 15.6 Å². The summed E-state index contributed by atoms with van der Waals surface area (Å²) in [5.74, 6) is -1.37. The van der Waals surface area contributed by atoms with Gasteiger partial charge in [0.05, 0.1) is 17.3 Å². The van der Waals surface area contributed by atoms with Gasteiger partial charge in [-0.2, -0.15) is 0 Å². The van der Waals surface area contributed by atoms with Crippen molar-refractivity contribution in [2.45, 2.75) is 13.0 Å². The number of carbonyl (C=O) groups is 2. The van der Waals surface area contributed by atoms with Gasteiger partial charge in [0.25, 0.3) is 5.91 Å². The number of H-pyrrole nitrogens is 1. The lowest BCUT2D eigenvalue weighted by Gasteiger charge is -2.13. The third-order valence-corrected chi connectivity index (χ3v) is 3.21. The second-order valence-electron chi connectivity index (χ2n) is 4.92. The highest BCUT2D eigenvalue weighted by Crippen LogP contribution is 2.16. The van der Waals surface area contributed by atoms with E-state index in [-0.39, 0.29) is 0 Å². The molecule has 0 saturated carbocycles. The number of hydrogen-bond donors (Lipinski definition) is 3. The van der Waals surface area contributed by atoms with Crippen molar-refractivity contribution in [2.75, 3.05) is 5.32 Å². The Bertz CT molecular complexity index is 907. The molecular formula is C15H13N3O5. The van der Waals surface area contributed by atoms with Crippen molar-refractivity contribution < 1.29 is 18.4 Å². The number of aromatic amines is 1. The van der Waals surface area contributed by atoms with Crippen LogP contribution in [0.4, 0.5) is 5.69 Å². The molecule has 0 bridgehead atoms. The van der Waals surface area contributed by atoms with Crippen LogP contribution < -0.4 is 16.4 Å². The average molecular weight is 315 g/mol. The topological polar surface area (TPSA) is 117 Å². The Balaban J connectivity index is 1.67. The number of amides is 2. The summed E-state index contributed by atoms with van der Waals surface area (Å²) in [7, 11) is 0. The van der Waals surface area contributed by atoms with Crippen LogP contribution in [0.3, 0.4) is 0 Å². The summed E-state index contributed by atoms with van der Waals surface area (Å²) in [6.07, 6.45) is 2.67. The Kier molecular flexibility index (Phi) is 3.71. The van der Waals surface area contributed by atoms with Gasteiger partial charge in [-0.3, -0.25) is 14.6 Å². The molecule has 0 aliphatic carbocycles. The molecule has 0 unspecified atom stereocenters. The molecule has 0 radical (unpaired) electrons. The first-order valence-corrected chi connectivity index (χ1v) is 6.80. The summed E-state index contributed by atoms with van der Waals surface area (Å²) in [4.78, 5) is 37.6. The van der Waals surface area contributed by atoms with E-state index in [1.54, 1.807) is 25.1 Å². The first kappa shape index (κ1) is 14.6. The second-order valence-corrected chi connectivity index (χ2v) is 4.92. The number of benzene rings is 1. The molecule has 2 aromatic heterocycles. The van der Waals surface area contributed by atoms with Gasteiger partial charge in [-0.1, -0.05) is 0 Å². The van der Waals surface area contributed by atoms with Crippen molar-refractivity contribution in [1.29, 1.82) is 0 Å². The molecular weight excluding hydrogens is 302 g/mol. The highest BCUT2D eigenvalue weighted by atomic mass is 16.4. The molecule has 0 fully saturated rings. The minimum atomic E-state index is -0.753. The summed E-state index contributed by atoms with van der Waals surface area (Å²) in [5, 5.41) is 5.21. The van der Waals surface area contributed by atoms with Crippen molar-refractivity contribution in [3.8, 4) is 0 Å². The summed E-state index contributed by atoms with van der Waals surface area (Å²) in [5.41, 5.74) is 1.68. The van der Waals surface area contributed by atoms with Crippen LogP contribution in [-0.4, -0.2) is 22.8 Å². The average Bonchev–Trinajstić information content (AvgIpc) is 3.14. The van der Waals surface area contributed by atoms with E-state index in [1.165, 1.54) is 18.6 Å². The normalized spacial score (nSPS) is 12.0. The largest absolute Gasteiger partial charge is 0.472 e. The third-order valence-electron chi connectivity index (χ3n) is 3.21. The zero-order valence-electron chi connectivity index (χ0n) is 12.1. The van der Waals surface area contributed by atoms with Gasteiger partial charge in [0.1, 0.15) is 12.3 Å². The molecule has 3 rings (SSSR count). The number of fused-ring (bicyclic) bond motifs is 1. The molecule has 0 saturated heterocycles. The van der Waals surface area contributed by atoms with E-state index in [4.69, 9.17) is 8.83 Å². The Hall–Kier alpha value is -3.29. The summed E-state index contributed by atoms with van der Waals surface area (Å²) in [6.45, 7) is 1.56. The van der Waals surface area contributed by atoms with Crippen molar-refractivity contribution in [1.82, 2.24) is 10.3 Å². The number of aromatic nitrogens is 1. The van der Waals surface area contributed by atoms with Gasteiger partial charge >= 0.3 is 5.76 Å². The quantitative estimate of drug-likeness (QED) is 0.674. The Labute approximate surface area is 129 Å².